The van der Waals surface area contributed by atoms with E-state index in [1.54, 1.807) is 7.11 Å². The summed E-state index contributed by atoms with van der Waals surface area (Å²) in [6.45, 7) is 2.75. The Hall–Kier alpha value is -1.45. The lowest BCUT2D eigenvalue weighted by molar-refractivity contribution is 0.0688. The van der Waals surface area contributed by atoms with Crippen molar-refractivity contribution in [2.45, 2.75) is 24.5 Å². The number of benzene rings is 2. The topological polar surface area (TPSA) is 18.5 Å². The summed E-state index contributed by atoms with van der Waals surface area (Å²) in [7, 11) is 1.67. The van der Waals surface area contributed by atoms with Gasteiger partial charge >= 0.3 is 0 Å². The van der Waals surface area contributed by atoms with Gasteiger partial charge in [0.15, 0.2) is 0 Å². The van der Waals surface area contributed by atoms with Gasteiger partial charge in [-0.3, -0.25) is 0 Å². The quantitative estimate of drug-likeness (QED) is 0.704. The van der Waals surface area contributed by atoms with E-state index in [-0.39, 0.29) is 6.10 Å². The van der Waals surface area contributed by atoms with Crippen LogP contribution in [-0.4, -0.2) is 19.0 Å². The number of hydrogen-bond acceptors (Lipinski definition) is 3. The first-order chi connectivity index (χ1) is 9.78. The molecule has 0 aliphatic carbocycles. The van der Waals surface area contributed by atoms with Gasteiger partial charge in [0.05, 0.1) is 19.8 Å². The molecule has 0 spiro atoms. The second-order valence-electron chi connectivity index (χ2n) is 4.59. The minimum atomic E-state index is 0.224. The monoisotopic (exact) mass is 288 g/mol. The number of methoxy groups -OCH3 is 1. The lowest BCUT2D eigenvalue weighted by atomic mass is 10.2. The largest absolute Gasteiger partial charge is 0.497 e. The Labute approximate surface area is 125 Å². The predicted octanol–water partition coefficient (Wildman–Crippen LogP) is 4.39. The van der Waals surface area contributed by atoms with Crippen molar-refractivity contribution < 1.29 is 9.47 Å². The van der Waals surface area contributed by atoms with Crippen molar-refractivity contribution in [2.75, 3.05) is 12.9 Å². The Morgan fingerprint density at radius 2 is 1.70 bits per heavy atom. The second kappa shape index (κ2) is 7.98. The Balaban J connectivity index is 1.73. The van der Waals surface area contributed by atoms with Crippen LogP contribution in [0.2, 0.25) is 0 Å². The lowest BCUT2D eigenvalue weighted by Gasteiger charge is -2.13. The standard InChI is InChI=1S/C17H20O2S/c1-14(13-20-17-6-4-3-5-7-17)19-12-15-8-10-16(18-2)11-9-15/h3-11,14H,12-13H2,1-2H3/t14-/m1/s1. The van der Waals surface area contributed by atoms with Gasteiger partial charge in [-0.25, -0.2) is 0 Å². The minimum Gasteiger partial charge on any atom is -0.497 e. The van der Waals surface area contributed by atoms with Gasteiger partial charge in [0.1, 0.15) is 5.75 Å². The van der Waals surface area contributed by atoms with Crippen molar-refractivity contribution in [3.8, 4) is 5.75 Å². The number of thioether (sulfide) groups is 1. The zero-order valence-corrected chi connectivity index (χ0v) is 12.7. The van der Waals surface area contributed by atoms with E-state index >= 15 is 0 Å². The summed E-state index contributed by atoms with van der Waals surface area (Å²) in [5, 5.41) is 0. The molecule has 2 nitrogen and oxygen atoms in total. The molecule has 1 atom stereocenters. The fraction of sp³-hybridized carbons (Fsp3) is 0.294. The van der Waals surface area contributed by atoms with E-state index in [4.69, 9.17) is 9.47 Å². The van der Waals surface area contributed by atoms with Crippen molar-refractivity contribution in [1.82, 2.24) is 0 Å². The average Bonchev–Trinajstić information content (AvgIpc) is 2.52. The SMILES string of the molecule is COc1ccc(CO[C@H](C)CSc2ccccc2)cc1. The first-order valence-electron chi connectivity index (χ1n) is 6.70. The van der Waals surface area contributed by atoms with Gasteiger partial charge in [0, 0.05) is 10.6 Å². The molecule has 0 aliphatic rings. The summed E-state index contributed by atoms with van der Waals surface area (Å²) < 4.78 is 11.0. The summed E-state index contributed by atoms with van der Waals surface area (Å²) in [6.07, 6.45) is 0.224. The molecule has 0 radical (unpaired) electrons. The fourth-order valence-electron chi connectivity index (χ4n) is 1.74. The predicted molar refractivity (Wildman–Crippen MR) is 84.4 cm³/mol. The zero-order chi connectivity index (χ0) is 14.2. The van der Waals surface area contributed by atoms with E-state index in [0.717, 1.165) is 11.5 Å². The molecule has 3 heteroatoms. The van der Waals surface area contributed by atoms with Crippen LogP contribution in [0.15, 0.2) is 59.5 Å². The van der Waals surface area contributed by atoms with Gasteiger partial charge in [-0.05, 0) is 36.8 Å². The molecule has 0 aliphatic heterocycles. The highest BCUT2D eigenvalue weighted by Crippen LogP contribution is 2.19. The van der Waals surface area contributed by atoms with Crippen LogP contribution in [0.3, 0.4) is 0 Å². The highest BCUT2D eigenvalue weighted by molar-refractivity contribution is 7.99. The molecule has 2 aromatic rings. The maximum absolute atomic E-state index is 5.86. The van der Waals surface area contributed by atoms with Crippen molar-refractivity contribution in [2.24, 2.45) is 0 Å². The Morgan fingerprint density at radius 1 is 1.00 bits per heavy atom. The Bertz CT molecular complexity index is 496. The van der Waals surface area contributed by atoms with Crippen LogP contribution < -0.4 is 4.74 Å². The molecule has 0 fully saturated rings. The van der Waals surface area contributed by atoms with Gasteiger partial charge in [-0.15, -0.1) is 11.8 Å². The van der Waals surface area contributed by atoms with Crippen molar-refractivity contribution in [3.63, 3.8) is 0 Å². The van der Waals surface area contributed by atoms with E-state index in [2.05, 4.69) is 31.2 Å². The molecule has 0 N–H and O–H groups in total. The normalized spacial score (nSPS) is 12.1. The van der Waals surface area contributed by atoms with E-state index in [9.17, 15) is 0 Å². The molecule has 2 aromatic carbocycles. The van der Waals surface area contributed by atoms with Gasteiger partial charge in [-0.1, -0.05) is 30.3 Å². The second-order valence-corrected chi connectivity index (χ2v) is 5.69. The number of ether oxygens (including phenoxy) is 2. The third kappa shape index (κ3) is 4.91. The molecule has 0 heterocycles. The molecule has 2 rings (SSSR count). The van der Waals surface area contributed by atoms with Gasteiger partial charge in [0.2, 0.25) is 0 Å². The van der Waals surface area contributed by atoms with E-state index < -0.39 is 0 Å². The highest BCUT2D eigenvalue weighted by Gasteiger charge is 2.04. The summed E-state index contributed by atoms with van der Waals surface area (Å²) >= 11 is 1.82. The molecular formula is C17H20O2S. The molecule has 0 amide bonds. The summed E-state index contributed by atoms with van der Waals surface area (Å²) in [4.78, 5) is 1.28. The third-order valence-electron chi connectivity index (χ3n) is 2.92. The smallest absolute Gasteiger partial charge is 0.118 e. The highest BCUT2D eigenvalue weighted by atomic mass is 32.2. The molecule has 106 valence electrons. The van der Waals surface area contributed by atoms with E-state index in [1.165, 1.54) is 10.5 Å². The Kier molecular flexibility index (Phi) is 5.96. The fourth-order valence-corrected chi connectivity index (χ4v) is 2.61. The first-order valence-corrected chi connectivity index (χ1v) is 7.69. The third-order valence-corrected chi connectivity index (χ3v) is 4.16. The summed E-state index contributed by atoms with van der Waals surface area (Å²) in [5.41, 5.74) is 1.17. The van der Waals surface area contributed by atoms with Crippen LogP contribution in [0.25, 0.3) is 0 Å². The molecule has 0 saturated carbocycles. The maximum Gasteiger partial charge on any atom is 0.118 e. The van der Waals surface area contributed by atoms with E-state index in [0.29, 0.717) is 6.61 Å². The maximum atomic E-state index is 5.86. The lowest BCUT2D eigenvalue weighted by Crippen LogP contribution is -2.10. The van der Waals surface area contributed by atoms with Crippen molar-refractivity contribution in [1.29, 1.82) is 0 Å². The molecule has 0 unspecified atom stereocenters. The van der Waals surface area contributed by atoms with Crippen molar-refractivity contribution >= 4 is 11.8 Å². The number of rotatable bonds is 7. The van der Waals surface area contributed by atoms with Crippen LogP contribution in [-0.2, 0) is 11.3 Å². The summed E-state index contributed by atoms with van der Waals surface area (Å²) in [6, 6.07) is 18.4. The Morgan fingerprint density at radius 3 is 2.35 bits per heavy atom. The van der Waals surface area contributed by atoms with Crippen LogP contribution in [0.4, 0.5) is 0 Å². The van der Waals surface area contributed by atoms with E-state index in [1.807, 2.05) is 42.1 Å². The average molecular weight is 288 g/mol. The zero-order valence-electron chi connectivity index (χ0n) is 11.9. The van der Waals surface area contributed by atoms with Crippen LogP contribution in [0.5, 0.6) is 5.75 Å². The van der Waals surface area contributed by atoms with Crippen molar-refractivity contribution in [3.05, 3.63) is 60.2 Å². The van der Waals surface area contributed by atoms with Gasteiger partial charge < -0.3 is 9.47 Å². The summed E-state index contributed by atoms with van der Waals surface area (Å²) in [5.74, 6) is 1.83. The molecule has 20 heavy (non-hydrogen) atoms. The van der Waals surface area contributed by atoms with Crippen LogP contribution in [0.1, 0.15) is 12.5 Å². The number of hydrogen-bond donors (Lipinski definition) is 0. The molecule has 0 saturated heterocycles. The molecular weight excluding hydrogens is 268 g/mol. The van der Waals surface area contributed by atoms with Gasteiger partial charge in [0.25, 0.3) is 0 Å². The first kappa shape index (κ1) is 14.9. The molecule has 0 aromatic heterocycles. The molecule has 0 bridgehead atoms. The minimum absolute atomic E-state index is 0.224. The van der Waals surface area contributed by atoms with Crippen LogP contribution >= 0.6 is 11.8 Å². The van der Waals surface area contributed by atoms with Gasteiger partial charge in [-0.2, -0.15) is 0 Å². The van der Waals surface area contributed by atoms with Crippen LogP contribution in [0, 0.1) is 0 Å².